The van der Waals surface area contributed by atoms with Crippen molar-refractivity contribution in [2.24, 2.45) is 11.7 Å². The van der Waals surface area contributed by atoms with Crippen molar-refractivity contribution in [1.82, 2.24) is 10.2 Å². The summed E-state index contributed by atoms with van der Waals surface area (Å²) >= 11 is 0. The van der Waals surface area contributed by atoms with E-state index in [2.05, 4.69) is 5.32 Å². The van der Waals surface area contributed by atoms with E-state index >= 15 is 0 Å². The maximum Gasteiger partial charge on any atom is 0.234 e. The van der Waals surface area contributed by atoms with Gasteiger partial charge in [0.25, 0.3) is 0 Å². The minimum absolute atomic E-state index is 0.0152. The summed E-state index contributed by atoms with van der Waals surface area (Å²) in [6, 6.07) is 7.79. The number of carbonyl (C=O) groups is 2. The molecule has 3 N–H and O–H groups in total. The van der Waals surface area contributed by atoms with Crippen molar-refractivity contribution in [3.05, 3.63) is 29.8 Å². The molecule has 6 nitrogen and oxygen atoms in total. The highest BCUT2D eigenvalue weighted by Gasteiger charge is 2.27. The molecule has 1 heterocycles. The van der Waals surface area contributed by atoms with Crippen LogP contribution in [0.3, 0.4) is 0 Å². The second-order valence-corrected chi connectivity index (χ2v) is 5.57. The third-order valence-electron chi connectivity index (χ3n) is 3.94. The molecule has 1 saturated heterocycles. The number of nitrogens with zero attached hydrogens (tertiary/aromatic N) is 1. The monoisotopic (exact) mass is 305 g/mol. The fourth-order valence-corrected chi connectivity index (χ4v) is 2.61. The molecule has 0 radical (unpaired) electrons. The lowest BCUT2D eigenvalue weighted by molar-refractivity contribution is -0.123. The summed E-state index contributed by atoms with van der Waals surface area (Å²) in [6.07, 6.45) is 1.52. The Bertz CT molecular complexity index is 516. The van der Waals surface area contributed by atoms with Crippen molar-refractivity contribution in [2.45, 2.75) is 12.8 Å². The van der Waals surface area contributed by atoms with Crippen LogP contribution < -0.4 is 15.8 Å². The quantitative estimate of drug-likeness (QED) is 0.751. The normalized spacial score (nSPS) is 18.1. The molecular weight excluding hydrogens is 282 g/mol. The van der Waals surface area contributed by atoms with E-state index < -0.39 is 0 Å². The van der Waals surface area contributed by atoms with Gasteiger partial charge in [0.05, 0.1) is 19.6 Å². The number of hydrogen-bond donors (Lipinski definition) is 2. The van der Waals surface area contributed by atoms with Gasteiger partial charge < -0.3 is 15.8 Å². The first-order valence-electron chi connectivity index (χ1n) is 7.50. The number of rotatable bonds is 7. The number of likely N-dealkylation sites (tertiary alicyclic amines) is 1. The number of amides is 2. The van der Waals surface area contributed by atoms with Crippen LogP contribution in [-0.4, -0.2) is 50.0 Å². The Labute approximate surface area is 130 Å². The Morgan fingerprint density at radius 3 is 2.68 bits per heavy atom. The van der Waals surface area contributed by atoms with Gasteiger partial charge in [-0.1, -0.05) is 12.1 Å². The zero-order valence-corrected chi connectivity index (χ0v) is 12.9. The van der Waals surface area contributed by atoms with Crippen LogP contribution >= 0.6 is 0 Å². The Morgan fingerprint density at radius 1 is 1.36 bits per heavy atom. The predicted molar refractivity (Wildman–Crippen MR) is 83.4 cm³/mol. The van der Waals surface area contributed by atoms with Gasteiger partial charge in [0.2, 0.25) is 11.8 Å². The van der Waals surface area contributed by atoms with Crippen LogP contribution in [0, 0.1) is 5.92 Å². The first-order chi connectivity index (χ1) is 10.6. The Kier molecular flexibility index (Phi) is 5.77. The fourth-order valence-electron chi connectivity index (χ4n) is 2.61. The maximum atomic E-state index is 11.9. The number of nitrogens with two attached hydrogens (primary N) is 1. The molecule has 1 atom stereocenters. The van der Waals surface area contributed by atoms with Gasteiger partial charge in [-0.3, -0.25) is 14.5 Å². The summed E-state index contributed by atoms with van der Waals surface area (Å²) in [4.78, 5) is 24.9. The lowest BCUT2D eigenvalue weighted by atomic mass is 10.1. The summed E-state index contributed by atoms with van der Waals surface area (Å²) in [5.74, 6) is 0.416. The van der Waals surface area contributed by atoms with E-state index in [0.29, 0.717) is 19.6 Å². The maximum absolute atomic E-state index is 11.9. The van der Waals surface area contributed by atoms with Crippen LogP contribution in [-0.2, 0) is 16.0 Å². The molecule has 1 aliphatic heterocycles. The topological polar surface area (TPSA) is 84.7 Å². The molecule has 0 spiro atoms. The first-order valence-corrected chi connectivity index (χ1v) is 7.50. The second-order valence-electron chi connectivity index (χ2n) is 5.57. The minimum Gasteiger partial charge on any atom is -0.497 e. The fraction of sp³-hybridized carbons (Fsp3) is 0.500. The zero-order chi connectivity index (χ0) is 15.9. The van der Waals surface area contributed by atoms with Crippen LogP contribution in [0.5, 0.6) is 5.75 Å². The van der Waals surface area contributed by atoms with Crippen molar-refractivity contribution in [1.29, 1.82) is 0 Å². The molecule has 0 aliphatic carbocycles. The van der Waals surface area contributed by atoms with Crippen LogP contribution in [0.1, 0.15) is 12.0 Å². The molecule has 1 aromatic rings. The van der Waals surface area contributed by atoms with Gasteiger partial charge in [-0.2, -0.15) is 0 Å². The number of primary amides is 1. The first kappa shape index (κ1) is 16.3. The molecule has 6 heteroatoms. The third kappa shape index (κ3) is 4.73. The summed E-state index contributed by atoms with van der Waals surface area (Å²) in [7, 11) is 1.64. The Hall–Kier alpha value is -2.08. The van der Waals surface area contributed by atoms with Gasteiger partial charge in [0.1, 0.15) is 5.75 Å². The molecule has 2 amide bonds. The average Bonchev–Trinajstić information content (AvgIpc) is 2.96. The van der Waals surface area contributed by atoms with Crippen molar-refractivity contribution < 1.29 is 14.3 Å². The van der Waals surface area contributed by atoms with Crippen LogP contribution in [0.15, 0.2) is 24.3 Å². The van der Waals surface area contributed by atoms with Gasteiger partial charge in [-0.25, -0.2) is 0 Å². The van der Waals surface area contributed by atoms with Gasteiger partial charge in [0, 0.05) is 13.1 Å². The van der Waals surface area contributed by atoms with E-state index in [1.165, 1.54) is 0 Å². The summed E-state index contributed by atoms with van der Waals surface area (Å²) in [5.41, 5.74) is 6.43. The van der Waals surface area contributed by atoms with E-state index in [4.69, 9.17) is 10.5 Å². The number of nitrogens with one attached hydrogen (secondary N) is 1. The molecule has 1 unspecified atom stereocenters. The number of carbonyl (C=O) groups excluding carboxylic acids is 2. The smallest absolute Gasteiger partial charge is 0.234 e. The molecule has 22 heavy (non-hydrogen) atoms. The standard InChI is InChI=1S/C16H23N3O3/c1-22-14-4-2-12(3-5-14)6-8-18-15(20)11-19-9-7-13(10-19)16(17)21/h2-5,13H,6-11H2,1H3,(H2,17,21)(H,18,20). The van der Waals surface area contributed by atoms with E-state index in [1.54, 1.807) is 7.11 Å². The van der Waals surface area contributed by atoms with Gasteiger partial charge >= 0.3 is 0 Å². The SMILES string of the molecule is COc1ccc(CCNC(=O)CN2CCC(C(N)=O)C2)cc1. The summed E-state index contributed by atoms with van der Waals surface area (Å²) in [5, 5.41) is 2.90. The van der Waals surface area contributed by atoms with Gasteiger partial charge in [0.15, 0.2) is 0 Å². The lowest BCUT2D eigenvalue weighted by Crippen LogP contribution is -2.37. The molecule has 120 valence electrons. The van der Waals surface area contributed by atoms with Crippen LogP contribution in [0.25, 0.3) is 0 Å². The molecule has 0 saturated carbocycles. The Morgan fingerprint density at radius 2 is 2.09 bits per heavy atom. The molecule has 1 aliphatic rings. The Balaban J connectivity index is 1.66. The summed E-state index contributed by atoms with van der Waals surface area (Å²) < 4.78 is 5.10. The number of methoxy groups -OCH3 is 1. The molecule has 1 fully saturated rings. The average molecular weight is 305 g/mol. The third-order valence-corrected chi connectivity index (χ3v) is 3.94. The highest BCUT2D eigenvalue weighted by Crippen LogP contribution is 2.15. The van der Waals surface area contributed by atoms with E-state index in [-0.39, 0.29) is 17.7 Å². The highest BCUT2D eigenvalue weighted by molar-refractivity contribution is 5.79. The van der Waals surface area contributed by atoms with Gasteiger partial charge in [-0.15, -0.1) is 0 Å². The highest BCUT2D eigenvalue weighted by atomic mass is 16.5. The molecule has 1 aromatic carbocycles. The van der Waals surface area contributed by atoms with Crippen molar-refractivity contribution in [2.75, 3.05) is 33.3 Å². The number of ether oxygens (including phenoxy) is 1. The summed E-state index contributed by atoms with van der Waals surface area (Å²) in [6.45, 7) is 2.26. The second kappa shape index (κ2) is 7.79. The van der Waals surface area contributed by atoms with Crippen LogP contribution in [0.2, 0.25) is 0 Å². The number of hydrogen-bond acceptors (Lipinski definition) is 4. The van der Waals surface area contributed by atoms with Crippen molar-refractivity contribution in [3.63, 3.8) is 0 Å². The van der Waals surface area contributed by atoms with E-state index in [9.17, 15) is 9.59 Å². The zero-order valence-electron chi connectivity index (χ0n) is 12.9. The van der Waals surface area contributed by atoms with E-state index in [0.717, 1.165) is 30.7 Å². The molecule has 0 aromatic heterocycles. The number of benzene rings is 1. The van der Waals surface area contributed by atoms with Gasteiger partial charge in [-0.05, 0) is 37.1 Å². The van der Waals surface area contributed by atoms with Crippen molar-refractivity contribution >= 4 is 11.8 Å². The molecular formula is C16H23N3O3. The van der Waals surface area contributed by atoms with E-state index in [1.807, 2.05) is 29.2 Å². The minimum atomic E-state index is -0.276. The molecule has 2 rings (SSSR count). The van der Waals surface area contributed by atoms with Crippen LogP contribution in [0.4, 0.5) is 0 Å². The predicted octanol–water partition coefficient (Wildman–Crippen LogP) is 0.161. The molecule has 0 bridgehead atoms. The lowest BCUT2D eigenvalue weighted by Gasteiger charge is -2.15. The largest absolute Gasteiger partial charge is 0.497 e. The van der Waals surface area contributed by atoms with Crippen molar-refractivity contribution in [3.8, 4) is 5.75 Å².